The number of halogens is 1. The molecule has 0 heterocycles. The van der Waals surface area contributed by atoms with Gasteiger partial charge in [0.2, 0.25) is 5.24 Å². The van der Waals surface area contributed by atoms with Gasteiger partial charge in [0.15, 0.2) is 0 Å². The van der Waals surface area contributed by atoms with Gasteiger partial charge in [-0.05, 0) is 42.3 Å². The summed E-state index contributed by atoms with van der Waals surface area (Å²) in [7, 11) is 0. The van der Waals surface area contributed by atoms with Gasteiger partial charge in [-0.3, -0.25) is 4.79 Å². The summed E-state index contributed by atoms with van der Waals surface area (Å²) in [5.74, 6) is 0. The lowest BCUT2D eigenvalue weighted by Gasteiger charge is -2.18. The van der Waals surface area contributed by atoms with Crippen LogP contribution in [0.4, 0.5) is 5.69 Å². The number of hydrogen-bond acceptors (Lipinski definition) is 3. The van der Waals surface area contributed by atoms with E-state index in [0.29, 0.717) is 12.0 Å². The highest BCUT2D eigenvalue weighted by Gasteiger charge is 1.97. The maximum Gasteiger partial charge on any atom is 0.221 e. The van der Waals surface area contributed by atoms with E-state index in [-0.39, 0.29) is 11.7 Å². The summed E-state index contributed by atoms with van der Waals surface area (Å²) in [6.07, 6.45) is 3.77. The largest absolute Gasteiger partial charge is 0.479 e. The van der Waals surface area contributed by atoms with E-state index in [1.54, 1.807) is 31.2 Å². The third kappa shape index (κ3) is 4.71. The van der Waals surface area contributed by atoms with Gasteiger partial charge in [-0.15, -0.1) is 0 Å². The first kappa shape index (κ1) is 13.3. The molecule has 0 aromatic heterocycles. The molecule has 0 unspecified atom stereocenters. The summed E-state index contributed by atoms with van der Waals surface area (Å²) in [4.78, 5) is 10.7. The molecule has 0 spiro atoms. The molecule has 0 amide bonds. The fourth-order valence-corrected chi connectivity index (χ4v) is 1.37. The minimum absolute atomic E-state index is 0.279. The molecule has 0 atom stereocenters. The van der Waals surface area contributed by atoms with Crippen LogP contribution in [0.1, 0.15) is 25.3 Å². The molecule has 0 aliphatic rings. The van der Waals surface area contributed by atoms with Crippen LogP contribution in [0.15, 0.2) is 30.0 Å². The van der Waals surface area contributed by atoms with E-state index in [0.717, 1.165) is 11.4 Å². The predicted octanol–water partition coefficient (Wildman–Crippen LogP) is 3.22. The molecule has 1 aromatic carbocycles. The van der Waals surface area contributed by atoms with E-state index in [1.165, 1.54) is 0 Å². The fourth-order valence-electron chi connectivity index (χ4n) is 1.28. The molecule has 4 heteroatoms. The summed E-state index contributed by atoms with van der Waals surface area (Å²) in [6.45, 7) is 1.77. The first-order chi connectivity index (χ1) is 8.15. The Morgan fingerprint density at radius 3 is 2.53 bits per heavy atom. The highest BCUT2D eigenvalue weighted by molar-refractivity contribution is 6.63. The molecule has 0 saturated carbocycles. The number of carbonyl (C=O) groups is 1. The summed E-state index contributed by atoms with van der Waals surface area (Å²) in [5, 5.41) is 11.4. The Balaban J connectivity index is 2.62. The van der Waals surface area contributed by atoms with Crippen molar-refractivity contribution in [1.82, 2.24) is 0 Å². The zero-order valence-electron chi connectivity index (χ0n) is 9.46. The van der Waals surface area contributed by atoms with Gasteiger partial charge in [0.1, 0.15) is 0 Å². The van der Waals surface area contributed by atoms with Crippen molar-refractivity contribution in [2.75, 3.05) is 5.32 Å². The van der Waals surface area contributed by atoms with Crippen LogP contribution >= 0.6 is 11.6 Å². The number of anilines is 1. The van der Waals surface area contributed by atoms with Crippen molar-refractivity contribution < 1.29 is 4.79 Å². The molecule has 0 saturated heterocycles. The number of hydrogen-bond donors (Lipinski definition) is 1. The molecular weight excluding hydrogens is 236 g/mol. The van der Waals surface area contributed by atoms with E-state index < -0.39 is 0 Å². The number of nitrogens with zero attached hydrogens (tertiary/aromatic N) is 1. The highest BCUT2D eigenvalue weighted by Crippen LogP contribution is 2.14. The van der Waals surface area contributed by atoms with Gasteiger partial charge in [-0.2, -0.15) is 17.9 Å². The normalized spacial score (nSPS) is 10.8. The second-order valence-electron chi connectivity index (χ2n) is 3.40. The van der Waals surface area contributed by atoms with Crippen LogP contribution in [-0.2, 0) is 4.79 Å². The zero-order chi connectivity index (χ0) is 12.7. The van der Waals surface area contributed by atoms with Crippen molar-refractivity contribution in [3.8, 4) is 6.07 Å². The average Bonchev–Trinajstić information content (AvgIpc) is 2.35. The molecule has 3 nitrogen and oxygen atoms in total. The van der Waals surface area contributed by atoms with Crippen molar-refractivity contribution in [2.45, 2.75) is 19.8 Å². The molecule has 0 radical (unpaired) electrons. The van der Waals surface area contributed by atoms with Crippen molar-refractivity contribution in [1.29, 1.82) is 5.26 Å². The molecule has 88 valence electrons. The standard InChI is InChI=1S/C13H12ClN2O/c1-2-11(7-8-13(14)17)16-12-5-3-10(9-15)4-6-12/h3-6,16H,7-8H2,1H3/q-1. The van der Waals surface area contributed by atoms with Crippen LogP contribution in [0.5, 0.6) is 0 Å². The molecule has 1 N–H and O–H groups in total. The molecule has 0 aliphatic heterocycles. The van der Waals surface area contributed by atoms with E-state index in [4.69, 9.17) is 16.9 Å². The Kier molecular flexibility index (Phi) is 5.25. The molecule has 1 aromatic rings. The second-order valence-corrected chi connectivity index (χ2v) is 3.82. The van der Waals surface area contributed by atoms with Gasteiger partial charge in [0, 0.05) is 12.1 Å². The maximum atomic E-state index is 10.7. The van der Waals surface area contributed by atoms with Crippen LogP contribution in [0.25, 0.3) is 0 Å². The van der Waals surface area contributed by atoms with Gasteiger partial charge in [0.25, 0.3) is 0 Å². The lowest BCUT2D eigenvalue weighted by Crippen LogP contribution is -2.01. The zero-order valence-corrected chi connectivity index (χ0v) is 10.2. The maximum absolute atomic E-state index is 10.7. The van der Waals surface area contributed by atoms with Gasteiger partial charge in [-0.25, -0.2) is 0 Å². The Hall–Kier alpha value is -1.79. The quantitative estimate of drug-likeness (QED) is 0.642. The van der Waals surface area contributed by atoms with Crippen LogP contribution in [-0.4, -0.2) is 5.24 Å². The lowest BCUT2D eigenvalue weighted by molar-refractivity contribution is -0.111. The monoisotopic (exact) mass is 247 g/mol. The lowest BCUT2D eigenvalue weighted by atomic mass is 10.2. The van der Waals surface area contributed by atoms with E-state index in [2.05, 4.69) is 11.4 Å². The Bertz CT molecular complexity index is 457. The van der Waals surface area contributed by atoms with E-state index in [9.17, 15) is 4.79 Å². The predicted molar refractivity (Wildman–Crippen MR) is 67.3 cm³/mol. The average molecular weight is 248 g/mol. The fraction of sp³-hybridized carbons (Fsp3) is 0.231. The van der Waals surface area contributed by atoms with Gasteiger partial charge < -0.3 is 11.4 Å². The third-order valence-electron chi connectivity index (χ3n) is 2.18. The second kappa shape index (κ2) is 6.72. The minimum atomic E-state index is -0.362. The SMILES string of the molecule is C[C-]=C(CCC(=O)Cl)Nc1ccc(C#N)cc1. The summed E-state index contributed by atoms with van der Waals surface area (Å²) >= 11 is 5.28. The molecular formula is C13H12ClN2O-. The van der Waals surface area contributed by atoms with Crippen molar-refractivity contribution in [2.24, 2.45) is 0 Å². The Morgan fingerprint density at radius 2 is 2.06 bits per heavy atom. The van der Waals surface area contributed by atoms with Crippen LogP contribution < -0.4 is 5.32 Å². The number of allylic oxidation sites excluding steroid dienone is 2. The summed E-state index contributed by atoms with van der Waals surface area (Å²) < 4.78 is 0. The number of rotatable bonds is 5. The smallest absolute Gasteiger partial charge is 0.221 e. The van der Waals surface area contributed by atoms with E-state index in [1.807, 2.05) is 6.07 Å². The molecule has 17 heavy (non-hydrogen) atoms. The number of nitrogens with one attached hydrogen (secondary N) is 1. The highest BCUT2D eigenvalue weighted by atomic mass is 35.5. The molecule has 0 fully saturated rings. The van der Waals surface area contributed by atoms with Crippen molar-refractivity contribution >= 4 is 22.5 Å². The van der Waals surface area contributed by atoms with Crippen LogP contribution in [0.3, 0.4) is 0 Å². The van der Waals surface area contributed by atoms with Gasteiger partial charge >= 0.3 is 0 Å². The van der Waals surface area contributed by atoms with Gasteiger partial charge in [-0.1, -0.05) is 0 Å². The first-order valence-electron chi connectivity index (χ1n) is 5.15. The third-order valence-corrected chi connectivity index (χ3v) is 2.37. The first-order valence-corrected chi connectivity index (χ1v) is 5.52. The molecule has 1 rings (SSSR count). The number of nitriles is 1. The molecule has 0 bridgehead atoms. The summed E-state index contributed by atoms with van der Waals surface area (Å²) in [6, 6.07) is 9.11. The Morgan fingerprint density at radius 1 is 1.41 bits per heavy atom. The van der Waals surface area contributed by atoms with Gasteiger partial charge in [0.05, 0.1) is 11.6 Å². The van der Waals surface area contributed by atoms with E-state index >= 15 is 0 Å². The minimum Gasteiger partial charge on any atom is -0.479 e. The van der Waals surface area contributed by atoms with Crippen LogP contribution in [0.2, 0.25) is 0 Å². The molecule has 0 aliphatic carbocycles. The van der Waals surface area contributed by atoms with Crippen molar-refractivity contribution in [3.05, 3.63) is 41.6 Å². The number of benzene rings is 1. The summed E-state index contributed by atoms with van der Waals surface area (Å²) in [5.41, 5.74) is 2.27. The number of carbonyl (C=O) groups excluding carboxylic acids is 1. The van der Waals surface area contributed by atoms with Crippen LogP contribution in [0, 0.1) is 17.4 Å². The Labute approximate surface area is 106 Å². The topological polar surface area (TPSA) is 52.9 Å². The van der Waals surface area contributed by atoms with Crippen molar-refractivity contribution in [3.63, 3.8) is 0 Å².